The Bertz CT molecular complexity index is 32.5. The molecule has 0 fully saturated rings. The Kier molecular flexibility index (Phi) is 0.517. The van der Waals surface area contributed by atoms with Gasteiger partial charge in [0.25, 0.3) is 0 Å². The molecule has 0 unspecified atom stereocenters. The first-order valence-electron chi connectivity index (χ1n) is 1.48. The van der Waals surface area contributed by atoms with Crippen LogP contribution in [-0.2, 0) is 0 Å². The zero-order valence-corrected chi connectivity index (χ0v) is 3.33. The molecule has 0 spiro atoms. The quantitative estimate of drug-likeness (QED) is 0.376. The van der Waals surface area contributed by atoms with E-state index >= 15 is 0 Å². The summed E-state index contributed by atoms with van der Waals surface area (Å²) in [6.45, 7) is 0. The molecule has 0 aromatic rings. The van der Waals surface area contributed by atoms with Crippen LogP contribution in [0.5, 0.6) is 0 Å². The van der Waals surface area contributed by atoms with Gasteiger partial charge in [-0.05, 0) is 12.6 Å². The smallest absolute Gasteiger partial charge is 0.00713 e. The summed E-state index contributed by atoms with van der Waals surface area (Å²) in [5, 5.41) is 0. The molecule has 0 aromatic heterocycles. The van der Waals surface area contributed by atoms with E-state index < -0.39 is 0 Å². The van der Waals surface area contributed by atoms with Crippen molar-refractivity contribution in [2.45, 2.75) is 6.42 Å². The third kappa shape index (κ3) is 0.171. The number of hydrogen-bond donors (Lipinski definition) is 0. The minimum atomic E-state index is 1.36. The highest BCUT2D eigenvalue weighted by atomic mass is 31.1. The Labute approximate surface area is 27.6 Å². The van der Waals surface area contributed by atoms with Crippen LogP contribution in [0, 0.1) is 0 Å². The zero-order chi connectivity index (χ0) is 2.83. The van der Waals surface area contributed by atoms with E-state index in [4.69, 9.17) is 0 Å². The van der Waals surface area contributed by atoms with Gasteiger partial charge in [-0.1, -0.05) is 5.80 Å². The van der Waals surface area contributed by atoms with E-state index in [1.54, 1.807) is 8.20 Å². The molecule has 1 heteroatoms. The molecule has 0 saturated heterocycles. The Balaban J connectivity index is 2.47. The fourth-order valence-corrected chi connectivity index (χ4v) is 0.387. The molecule has 0 atom stereocenters. The minimum Gasteiger partial charge on any atom is -0.109 e. The molecule has 22 valence electrons. The van der Waals surface area contributed by atoms with E-state index in [1.807, 2.05) is 0 Å². The normalized spacial score (nSPS) is 24.0. The highest BCUT2D eigenvalue weighted by molar-refractivity contribution is 7.40. The second kappa shape index (κ2) is 0.858. The van der Waals surface area contributed by atoms with Crippen LogP contribution in [0.4, 0.5) is 0 Å². The van der Waals surface area contributed by atoms with Gasteiger partial charge in [-0.15, -0.1) is 8.20 Å². The number of rotatable bonds is 0. The molecular weight excluding hydrogens is 67.0 g/mol. The van der Waals surface area contributed by atoms with Crippen LogP contribution < -0.4 is 0 Å². The highest BCUT2D eigenvalue weighted by Crippen LogP contribution is 2.06. The third-order valence-corrected chi connectivity index (χ3v) is 1.55. The van der Waals surface area contributed by atoms with Crippen molar-refractivity contribution in [3.05, 3.63) is 0 Å². The van der Waals surface area contributed by atoms with Crippen molar-refractivity contribution >= 4 is 14.0 Å². The largest absolute Gasteiger partial charge is 0.109 e. The lowest BCUT2D eigenvalue weighted by Gasteiger charge is -1.91. The Morgan fingerprint density at radius 3 is 2.00 bits per heavy atom. The predicted octanol–water partition coefficient (Wildman–Crippen LogP) is 1.14. The van der Waals surface area contributed by atoms with Gasteiger partial charge in [0, 0.05) is 0 Å². The molecule has 0 aliphatic carbocycles. The molecule has 0 radical (unpaired) electrons. The van der Waals surface area contributed by atoms with Gasteiger partial charge >= 0.3 is 0 Å². The second-order valence-electron chi connectivity index (χ2n) is 0.877. The van der Waals surface area contributed by atoms with Gasteiger partial charge in [0.1, 0.15) is 0 Å². The van der Waals surface area contributed by atoms with E-state index in [0.717, 1.165) is 0 Å². The van der Waals surface area contributed by atoms with Crippen molar-refractivity contribution in [3.63, 3.8) is 0 Å². The molecule has 4 heavy (non-hydrogen) atoms. The van der Waals surface area contributed by atoms with Crippen molar-refractivity contribution in [2.75, 3.05) is 6.16 Å². The van der Waals surface area contributed by atoms with Gasteiger partial charge < -0.3 is 0 Å². The summed E-state index contributed by atoms with van der Waals surface area (Å²) >= 11 is 0. The van der Waals surface area contributed by atoms with E-state index in [2.05, 4.69) is 5.80 Å². The molecule has 0 amide bonds. The van der Waals surface area contributed by atoms with Gasteiger partial charge in [-0.3, -0.25) is 0 Å². The molecule has 0 N–H and O–H groups in total. The minimum absolute atomic E-state index is 1.36. The predicted molar refractivity (Wildman–Crippen MR) is 22.5 cm³/mol. The summed E-state index contributed by atoms with van der Waals surface area (Å²) in [5.41, 5.74) is 0. The molecule has 0 saturated carbocycles. The highest BCUT2D eigenvalue weighted by Gasteiger charge is 1.82. The number of hydrogen-bond acceptors (Lipinski definition) is 0. The molecular formula is C3H5P. The summed E-state index contributed by atoms with van der Waals surface area (Å²) in [7, 11) is 1.55. The van der Waals surface area contributed by atoms with Crippen LogP contribution in [0.2, 0.25) is 0 Å². The van der Waals surface area contributed by atoms with E-state index in [1.165, 1.54) is 12.6 Å². The van der Waals surface area contributed by atoms with Crippen LogP contribution in [0.15, 0.2) is 0 Å². The summed E-state index contributed by atoms with van der Waals surface area (Å²) < 4.78 is 0. The Morgan fingerprint density at radius 2 is 2.00 bits per heavy atom. The van der Waals surface area contributed by atoms with Crippen LogP contribution in [0.3, 0.4) is 0 Å². The maximum atomic E-state index is 2.28. The van der Waals surface area contributed by atoms with Gasteiger partial charge in [-0.2, -0.15) is 0 Å². The zero-order valence-electron chi connectivity index (χ0n) is 2.44. The SMILES string of the molecule is C1=PCC1. The standard InChI is InChI=1S/C3H5P/c1-2-4-3-1/h2H,1,3H2. The maximum Gasteiger partial charge on any atom is -0.00713 e. The van der Waals surface area contributed by atoms with Gasteiger partial charge in [-0.25, -0.2) is 0 Å². The Morgan fingerprint density at radius 1 is 1.75 bits per heavy atom. The average Bonchev–Trinajstić information content (AvgIpc) is 0.722. The van der Waals surface area contributed by atoms with E-state index in [-0.39, 0.29) is 0 Å². The van der Waals surface area contributed by atoms with Crippen molar-refractivity contribution in [1.29, 1.82) is 0 Å². The van der Waals surface area contributed by atoms with Crippen LogP contribution in [-0.4, -0.2) is 12.0 Å². The van der Waals surface area contributed by atoms with Crippen molar-refractivity contribution in [2.24, 2.45) is 0 Å². The van der Waals surface area contributed by atoms with Crippen molar-refractivity contribution in [1.82, 2.24) is 0 Å². The van der Waals surface area contributed by atoms with Crippen molar-refractivity contribution in [3.8, 4) is 0 Å². The van der Waals surface area contributed by atoms with E-state index in [9.17, 15) is 0 Å². The fourth-order valence-electron chi connectivity index (χ4n) is 0.129. The Hall–Kier alpha value is 0.170. The lowest BCUT2D eigenvalue weighted by atomic mass is 10.6. The molecule has 0 bridgehead atoms. The molecule has 0 aromatic carbocycles. The average molecular weight is 72.0 g/mol. The van der Waals surface area contributed by atoms with E-state index in [0.29, 0.717) is 0 Å². The first-order chi connectivity index (χ1) is 2.00. The van der Waals surface area contributed by atoms with Gasteiger partial charge in [0.15, 0.2) is 0 Å². The first kappa shape index (κ1) is 2.41. The van der Waals surface area contributed by atoms with Crippen LogP contribution >= 0.6 is 8.20 Å². The summed E-state index contributed by atoms with van der Waals surface area (Å²) in [6.07, 6.45) is 2.78. The lowest BCUT2D eigenvalue weighted by molar-refractivity contribution is 1.35. The van der Waals surface area contributed by atoms with Crippen molar-refractivity contribution < 1.29 is 0 Å². The topological polar surface area (TPSA) is 0 Å². The summed E-state index contributed by atoms with van der Waals surface area (Å²) in [4.78, 5) is 0. The first-order valence-corrected chi connectivity index (χ1v) is 2.63. The molecule has 0 nitrogen and oxygen atoms in total. The second-order valence-corrected chi connectivity index (χ2v) is 2.05. The summed E-state index contributed by atoms with van der Waals surface area (Å²) in [5.74, 6) is 2.28. The van der Waals surface area contributed by atoms with Crippen LogP contribution in [0.25, 0.3) is 0 Å². The van der Waals surface area contributed by atoms with Crippen LogP contribution in [0.1, 0.15) is 6.42 Å². The van der Waals surface area contributed by atoms with Gasteiger partial charge in [0.2, 0.25) is 0 Å². The molecule has 1 rings (SSSR count). The molecule has 1 heterocycles. The summed E-state index contributed by atoms with van der Waals surface area (Å²) in [6, 6.07) is 0. The van der Waals surface area contributed by atoms with Gasteiger partial charge in [0.05, 0.1) is 0 Å². The molecule has 1 aliphatic rings. The fraction of sp³-hybridized carbons (Fsp3) is 0.667. The third-order valence-electron chi connectivity index (χ3n) is 0.516. The monoisotopic (exact) mass is 72.0 g/mol. The lowest BCUT2D eigenvalue weighted by Crippen LogP contribution is -1.81. The molecule has 1 aliphatic heterocycles. The maximum absolute atomic E-state index is 2.28.